The maximum Gasteiger partial charge on any atom is 0.00712 e. The summed E-state index contributed by atoms with van der Waals surface area (Å²) in [5.41, 5.74) is 0. The summed E-state index contributed by atoms with van der Waals surface area (Å²) in [6.07, 6.45) is 4.19. The topological polar surface area (TPSA) is 3.24 Å². The van der Waals surface area contributed by atoms with Gasteiger partial charge in [0, 0.05) is 5.25 Å². The number of hydrogen-bond donors (Lipinski definition) is 0. The van der Waals surface area contributed by atoms with Crippen LogP contribution in [0.1, 0.15) is 40.0 Å². The number of thioether (sulfide) groups is 1. The number of nitrogens with zero attached hydrogens (tertiary/aromatic N) is 1. The standard InChI is InChI=1S/C12H25NS/c1-4-14-12-6-9-13(10-7-12)8-5-11(2)3/h11-12H,4-10H2,1-3H3. The van der Waals surface area contributed by atoms with Crippen LogP contribution in [0.4, 0.5) is 0 Å². The summed E-state index contributed by atoms with van der Waals surface area (Å²) >= 11 is 2.15. The van der Waals surface area contributed by atoms with Crippen molar-refractivity contribution in [3.8, 4) is 0 Å². The Kier molecular flexibility index (Phi) is 5.95. The molecule has 0 amide bonds. The molecule has 0 bridgehead atoms. The molecular formula is C12H25NS. The van der Waals surface area contributed by atoms with E-state index >= 15 is 0 Å². The molecule has 1 rings (SSSR count). The van der Waals surface area contributed by atoms with Crippen molar-refractivity contribution >= 4 is 11.8 Å². The largest absolute Gasteiger partial charge is 0.303 e. The molecule has 1 aliphatic heterocycles. The van der Waals surface area contributed by atoms with E-state index in [1.54, 1.807) is 0 Å². The van der Waals surface area contributed by atoms with Crippen molar-refractivity contribution in [2.24, 2.45) is 5.92 Å². The van der Waals surface area contributed by atoms with Crippen molar-refractivity contribution < 1.29 is 0 Å². The zero-order valence-corrected chi connectivity index (χ0v) is 10.8. The van der Waals surface area contributed by atoms with Gasteiger partial charge in [0.15, 0.2) is 0 Å². The molecule has 1 nitrogen and oxygen atoms in total. The normalized spacial score (nSPS) is 20.6. The van der Waals surface area contributed by atoms with E-state index < -0.39 is 0 Å². The zero-order valence-electron chi connectivity index (χ0n) is 9.96. The first-order valence-corrected chi connectivity index (χ1v) is 7.11. The van der Waals surface area contributed by atoms with Crippen molar-refractivity contribution in [1.82, 2.24) is 4.90 Å². The molecule has 0 atom stereocenters. The fraction of sp³-hybridized carbons (Fsp3) is 1.00. The van der Waals surface area contributed by atoms with Gasteiger partial charge in [-0.25, -0.2) is 0 Å². The van der Waals surface area contributed by atoms with Crippen LogP contribution in [0.25, 0.3) is 0 Å². The van der Waals surface area contributed by atoms with Gasteiger partial charge in [0.05, 0.1) is 0 Å². The average Bonchev–Trinajstić information content (AvgIpc) is 2.17. The Morgan fingerprint density at radius 1 is 1.29 bits per heavy atom. The maximum atomic E-state index is 2.65. The maximum absolute atomic E-state index is 2.65. The van der Waals surface area contributed by atoms with E-state index in [2.05, 4.69) is 37.4 Å². The third kappa shape index (κ3) is 4.70. The van der Waals surface area contributed by atoms with Gasteiger partial charge in [-0.05, 0) is 50.6 Å². The smallest absolute Gasteiger partial charge is 0.00712 e. The SMILES string of the molecule is CCSC1CCN(CCC(C)C)CC1. The van der Waals surface area contributed by atoms with Gasteiger partial charge in [0.1, 0.15) is 0 Å². The van der Waals surface area contributed by atoms with E-state index in [1.807, 2.05) is 0 Å². The Morgan fingerprint density at radius 2 is 1.93 bits per heavy atom. The molecule has 0 saturated carbocycles. The van der Waals surface area contributed by atoms with Crippen LogP contribution >= 0.6 is 11.8 Å². The summed E-state index contributed by atoms with van der Waals surface area (Å²) in [4.78, 5) is 2.65. The number of rotatable bonds is 5. The van der Waals surface area contributed by atoms with Crippen molar-refractivity contribution in [3.63, 3.8) is 0 Å². The van der Waals surface area contributed by atoms with Crippen LogP contribution in [0.2, 0.25) is 0 Å². The minimum atomic E-state index is 0.859. The highest BCUT2D eigenvalue weighted by Crippen LogP contribution is 2.23. The first kappa shape index (κ1) is 12.4. The zero-order chi connectivity index (χ0) is 10.4. The molecule has 1 aliphatic rings. The summed E-state index contributed by atoms with van der Waals surface area (Å²) in [7, 11) is 0. The van der Waals surface area contributed by atoms with Gasteiger partial charge in [0.2, 0.25) is 0 Å². The van der Waals surface area contributed by atoms with Crippen LogP contribution in [0.3, 0.4) is 0 Å². The van der Waals surface area contributed by atoms with Gasteiger partial charge in [-0.1, -0.05) is 20.8 Å². The summed E-state index contributed by atoms with van der Waals surface area (Å²) in [5.74, 6) is 2.15. The van der Waals surface area contributed by atoms with Gasteiger partial charge < -0.3 is 4.90 Å². The molecule has 0 unspecified atom stereocenters. The predicted octanol–water partition coefficient (Wildman–Crippen LogP) is 3.25. The van der Waals surface area contributed by atoms with Crippen molar-refractivity contribution in [2.75, 3.05) is 25.4 Å². The van der Waals surface area contributed by atoms with Crippen LogP contribution in [0.15, 0.2) is 0 Å². The monoisotopic (exact) mass is 215 g/mol. The van der Waals surface area contributed by atoms with Gasteiger partial charge >= 0.3 is 0 Å². The second-order valence-electron chi connectivity index (χ2n) is 4.68. The lowest BCUT2D eigenvalue weighted by molar-refractivity contribution is 0.221. The Balaban J connectivity index is 2.09. The quantitative estimate of drug-likeness (QED) is 0.692. The number of piperidine rings is 1. The van der Waals surface area contributed by atoms with Crippen LogP contribution in [0.5, 0.6) is 0 Å². The molecule has 0 aromatic carbocycles. The van der Waals surface area contributed by atoms with Crippen LogP contribution < -0.4 is 0 Å². The molecule has 0 radical (unpaired) electrons. The summed E-state index contributed by atoms with van der Waals surface area (Å²) in [5, 5.41) is 0.954. The molecule has 0 spiro atoms. The van der Waals surface area contributed by atoms with E-state index in [-0.39, 0.29) is 0 Å². The van der Waals surface area contributed by atoms with E-state index in [9.17, 15) is 0 Å². The van der Waals surface area contributed by atoms with Crippen LogP contribution in [-0.2, 0) is 0 Å². The molecular weight excluding hydrogens is 190 g/mol. The Morgan fingerprint density at radius 3 is 2.43 bits per heavy atom. The lowest BCUT2D eigenvalue weighted by atomic mass is 10.1. The lowest BCUT2D eigenvalue weighted by Gasteiger charge is -2.31. The van der Waals surface area contributed by atoms with E-state index in [4.69, 9.17) is 0 Å². The minimum Gasteiger partial charge on any atom is -0.303 e. The molecule has 1 fully saturated rings. The van der Waals surface area contributed by atoms with Crippen LogP contribution in [0, 0.1) is 5.92 Å². The number of likely N-dealkylation sites (tertiary alicyclic amines) is 1. The second kappa shape index (κ2) is 6.73. The minimum absolute atomic E-state index is 0.859. The van der Waals surface area contributed by atoms with Crippen molar-refractivity contribution in [3.05, 3.63) is 0 Å². The molecule has 0 aromatic heterocycles. The van der Waals surface area contributed by atoms with Gasteiger partial charge in [-0.15, -0.1) is 0 Å². The Bertz CT molecular complexity index is 139. The molecule has 14 heavy (non-hydrogen) atoms. The predicted molar refractivity (Wildman–Crippen MR) is 67.0 cm³/mol. The first-order valence-electron chi connectivity index (χ1n) is 6.06. The van der Waals surface area contributed by atoms with Gasteiger partial charge in [0.25, 0.3) is 0 Å². The molecule has 0 N–H and O–H groups in total. The van der Waals surface area contributed by atoms with Gasteiger partial charge in [-0.2, -0.15) is 11.8 Å². The highest BCUT2D eigenvalue weighted by molar-refractivity contribution is 7.99. The molecule has 1 saturated heterocycles. The molecule has 0 aromatic rings. The van der Waals surface area contributed by atoms with Gasteiger partial charge in [-0.3, -0.25) is 0 Å². The molecule has 84 valence electrons. The third-order valence-electron chi connectivity index (χ3n) is 2.96. The van der Waals surface area contributed by atoms with E-state index in [0.29, 0.717) is 0 Å². The first-order chi connectivity index (χ1) is 6.72. The Hall–Kier alpha value is 0.310. The summed E-state index contributed by atoms with van der Waals surface area (Å²) < 4.78 is 0. The van der Waals surface area contributed by atoms with Crippen molar-refractivity contribution in [1.29, 1.82) is 0 Å². The summed E-state index contributed by atoms with van der Waals surface area (Å²) in [6.45, 7) is 10.9. The van der Waals surface area contributed by atoms with E-state index in [1.165, 1.54) is 44.6 Å². The fourth-order valence-corrected chi connectivity index (χ4v) is 2.99. The highest BCUT2D eigenvalue weighted by Gasteiger charge is 2.18. The Labute approximate surface area is 93.6 Å². The van der Waals surface area contributed by atoms with Crippen molar-refractivity contribution in [2.45, 2.75) is 45.3 Å². The molecule has 1 heterocycles. The fourth-order valence-electron chi connectivity index (χ4n) is 1.98. The molecule has 0 aliphatic carbocycles. The highest BCUT2D eigenvalue weighted by atomic mass is 32.2. The lowest BCUT2D eigenvalue weighted by Crippen LogP contribution is -2.35. The third-order valence-corrected chi connectivity index (χ3v) is 4.24. The summed E-state index contributed by atoms with van der Waals surface area (Å²) in [6, 6.07) is 0. The second-order valence-corrected chi connectivity index (χ2v) is 6.26. The van der Waals surface area contributed by atoms with Crippen LogP contribution in [-0.4, -0.2) is 35.5 Å². The molecule has 2 heteroatoms. The average molecular weight is 215 g/mol. The number of hydrogen-bond acceptors (Lipinski definition) is 2. The van der Waals surface area contributed by atoms with E-state index in [0.717, 1.165) is 11.2 Å².